The number of esters is 2. The molecule has 9 heteroatoms. The van der Waals surface area contributed by atoms with Crippen LogP contribution in [0.25, 0.3) is 0 Å². The lowest BCUT2D eigenvalue weighted by Crippen LogP contribution is -2.75. The Morgan fingerprint density at radius 1 is 0.875 bits per heavy atom. The molecule has 2 aromatic rings. The van der Waals surface area contributed by atoms with E-state index in [2.05, 4.69) is 9.97 Å². The number of carbonyl (C=O) groups excluding carboxylic acids is 3. The number of likely N-dealkylation sites (tertiary alicyclic amines) is 2. The van der Waals surface area contributed by atoms with E-state index < -0.39 is 40.6 Å². The van der Waals surface area contributed by atoms with Gasteiger partial charge in [-0.3, -0.25) is 29.3 Å². The molecule has 0 N–H and O–H groups in total. The van der Waals surface area contributed by atoms with Crippen LogP contribution in [0.4, 0.5) is 0 Å². The smallest absolute Gasteiger partial charge is 0.322 e. The zero-order chi connectivity index (χ0) is 23.1. The van der Waals surface area contributed by atoms with Crippen molar-refractivity contribution in [2.24, 2.45) is 10.8 Å². The lowest BCUT2D eigenvalue weighted by atomic mass is 9.54. The van der Waals surface area contributed by atoms with Gasteiger partial charge in [-0.1, -0.05) is 12.1 Å². The van der Waals surface area contributed by atoms with Crippen molar-refractivity contribution in [1.29, 1.82) is 0 Å². The summed E-state index contributed by atoms with van der Waals surface area (Å²) in [6.45, 7) is 0.162. The molecule has 168 valence electrons. The second-order valence-corrected chi connectivity index (χ2v) is 8.41. The number of aromatic nitrogens is 2. The minimum atomic E-state index is -1.68. The summed E-state index contributed by atoms with van der Waals surface area (Å²) >= 11 is 0. The third kappa shape index (κ3) is 2.88. The highest BCUT2D eigenvalue weighted by Crippen LogP contribution is 2.59. The van der Waals surface area contributed by atoms with Gasteiger partial charge in [0.1, 0.15) is 0 Å². The van der Waals surface area contributed by atoms with Gasteiger partial charge in [0.05, 0.1) is 37.7 Å². The molecular formula is C23H26N4O5. The molecule has 2 fully saturated rings. The molecule has 0 amide bonds. The fourth-order valence-corrected chi connectivity index (χ4v) is 5.61. The topological polar surface area (TPSA) is 102 Å². The van der Waals surface area contributed by atoms with Gasteiger partial charge in [0.15, 0.2) is 16.6 Å². The van der Waals surface area contributed by atoms with E-state index in [0.717, 1.165) is 0 Å². The summed E-state index contributed by atoms with van der Waals surface area (Å²) in [6, 6.07) is 9.11. The Labute approximate surface area is 186 Å². The van der Waals surface area contributed by atoms with Crippen molar-refractivity contribution in [3.63, 3.8) is 0 Å². The molecule has 2 aliphatic heterocycles. The molecule has 2 bridgehead atoms. The van der Waals surface area contributed by atoms with Crippen LogP contribution in [0.2, 0.25) is 0 Å². The van der Waals surface area contributed by atoms with Crippen LogP contribution < -0.4 is 0 Å². The molecule has 2 aliphatic rings. The number of carbonyl (C=O) groups is 3. The van der Waals surface area contributed by atoms with Crippen LogP contribution in [-0.4, -0.2) is 78.9 Å². The van der Waals surface area contributed by atoms with Crippen molar-refractivity contribution < 1.29 is 23.9 Å². The van der Waals surface area contributed by atoms with E-state index in [1.54, 1.807) is 62.9 Å². The SMILES string of the molecule is COC(=O)[C@@]12CN(C)C[C@](C(=O)OC)(C1=O)[C@@H](c1ccccn1)N(C)[C@H]2c1ccccn1. The number of rotatable bonds is 4. The third-order valence-electron chi connectivity index (χ3n) is 6.63. The molecule has 0 saturated carbocycles. The Bertz CT molecular complexity index is 954. The Balaban J connectivity index is 2.07. The summed E-state index contributed by atoms with van der Waals surface area (Å²) in [5, 5.41) is 0. The number of piperidine rings is 2. The van der Waals surface area contributed by atoms with Crippen molar-refractivity contribution in [2.45, 2.75) is 12.1 Å². The standard InChI is InChI=1S/C23H26N4O5/c1-26-13-22(20(29)31-3)17(15-9-5-7-11-24-15)27(2)18(16-10-6-8-12-25-16)23(14-26,19(22)28)21(30)32-4/h5-12,17-18H,13-14H2,1-4H3/t17-,18+,22-,23-/m1/s1. The second-order valence-electron chi connectivity index (χ2n) is 8.41. The third-order valence-corrected chi connectivity index (χ3v) is 6.63. The summed E-state index contributed by atoms with van der Waals surface area (Å²) < 4.78 is 10.4. The van der Waals surface area contributed by atoms with Gasteiger partial charge >= 0.3 is 11.9 Å². The first-order chi connectivity index (χ1) is 15.3. The van der Waals surface area contributed by atoms with Gasteiger partial charge in [-0.2, -0.15) is 0 Å². The quantitative estimate of drug-likeness (QED) is 0.512. The zero-order valence-corrected chi connectivity index (χ0v) is 18.5. The monoisotopic (exact) mass is 438 g/mol. The van der Waals surface area contributed by atoms with E-state index in [-0.39, 0.29) is 13.1 Å². The molecule has 0 aliphatic carbocycles. The van der Waals surface area contributed by atoms with E-state index in [0.29, 0.717) is 11.4 Å². The predicted octanol–water partition coefficient (Wildman–Crippen LogP) is 1.04. The highest BCUT2D eigenvalue weighted by molar-refractivity contribution is 6.17. The lowest BCUT2D eigenvalue weighted by Gasteiger charge is -2.60. The molecule has 9 nitrogen and oxygen atoms in total. The molecule has 0 spiro atoms. The summed E-state index contributed by atoms with van der Waals surface area (Å²) in [6.07, 6.45) is 3.23. The number of pyridine rings is 2. The van der Waals surface area contributed by atoms with Gasteiger partial charge in [0.2, 0.25) is 0 Å². The maximum absolute atomic E-state index is 14.4. The minimum absolute atomic E-state index is 0.0811. The zero-order valence-electron chi connectivity index (χ0n) is 18.5. The van der Waals surface area contributed by atoms with Gasteiger partial charge in [-0.15, -0.1) is 0 Å². The highest BCUT2D eigenvalue weighted by atomic mass is 16.5. The molecular weight excluding hydrogens is 412 g/mol. The molecule has 0 unspecified atom stereocenters. The Morgan fingerprint density at radius 3 is 1.66 bits per heavy atom. The fourth-order valence-electron chi connectivity index (χ4n) is 5.61. The van der Waals surface area contributed by atoms with E-state index in [4.69, 9.17) is 9.47 Å². The number of Topliss-reactive ketones (excluding diaryl/α,β-unsaturated/α-hetero) is 1. The number of fused-ring (bicyclic) bond motifs is 2. The van der Waals surface area contributed by atoms with E-state index >= 15 is 0 Å². The summed E-state index contributed by atoms with van der Waals surface area (Å²) in [5.41, 5.74) is -2.29. The lowest BCUT2D eigenvalue weighted by molar-refractivity contribution is -0.202. The number of ether oxygens (including phenoxy) is 2. The molecule has 4 rings (SSSR count). The van der Waals surface area contributed by atoms with Gasteiger partial charge in [0, 0.05) is 25.5 Å². The summed E-state index contributed by atoms with van der Waals surface area (Å²) in [7, 11) is 6.06. The van der Waals surface area contributed by atoms with E-state index in [1.165, 1.54) is 14.2 Å². The van der Waals surface area contributed by atoms with E-state index in [9.17, 15) is 14.4 Å². The van der Waals surface area contributed by atoms with Gasteiger partial charge in [0.25, 0.3) is 0 Å². The van der Waals surface area contributed by atoms with Crippen molar-refractivity contribution >= 4 is 17.7 Å². The van der Waals surface area contributed by atoms with Gasteiger partial charge in [-0.05, 0) is 38.4 Å². The van der Waals surface area contributed by atoms with E-state index in [1.807, 2.05) is 9.80 Å². The van der Waals surface area contributed by atoms with Crippen molar-refractivity contribution in [3.8, 4) is 0 Å². The molecule has 0 radical (unpaired) electrons. The highest BCUT2D eigenvalue weighted by Gasteiger charge is 2.75. The first-order valence-corrected chi connectivity index (χ1v) is 10.3. The first kappa shape index (κ1) is 22.0. The van der Waals surface area contributed by atoms with Crippen molar-refractivity contribution in [2.75, 3.05) is 41.4 Å². The maximum Gasteiger partial charge on any atom is 0.322 e. The van der Waals surface area contributed by atoms with Crippen LogP contribution >= 0.6 is 0 Å². The average Bonchev–Trinajstić information content (AvgIpc) is 2.81. The van der Waals surface area contributed by atoms with Crippen LogP contribution in [-0.2, 0) is 23.9 Å². The van der Waals surface area contributed by atoms with Gasteiger partial charge in [-0.25, -0.2) is 0 Å². The van der Waals surface area contributed by atoms with Crippen LogP contribution in [0, 0.1) is 10.8 Å². The van der Waals surface area contributed by atoms with Crippen molar-refractivity contribution in [1.82, 2.24) is 19.8 Å². The maximum atomic E-state index is 14.4. The normalized spacial score (nSPS) is 30.6. The molecule has 4 atom stereocenters. The number of ketones is 1. The predicted molar refractivity (Wildman–Crippen MR) is 113 cm³/mol. The number of methoxy groups -OCH3 is 2. The fraction of sp³-hybridized carbons (Fsp3) is 0.435. The molecule has 32 heavy (non-hydrogen) atoms. The Kier molecular flexibility index (Phi) is 5.56. The number of hydrogen-bond donors (Lipinski definition) is 0. The molecule has 2 saturated heterocycles. The Morgan fingerprint density at radius 2 is 1.31 bits per heavy atom. The second kappa shape index (κ2) is 8.07. The largest absolute Gasteiger partial charge is 0.468 e. The average molecular weight is 438 g/mol. The first-order valence-electron chi connectivity index (χ1n) is 10.3. The number of hydrogen-bond acceptors (Lipinski definition) is 9. The van der Waals surface area contributed by atoms with Crippen LogP contribution in [0.3, 0.4) is 0 Å². The van der Waals surface area contributed by atoms with Crippen LogP contribution in [0.15, 0.2) is 48.8 Å². The van der Waals surface area contributed by atoms with Crippen molar-refractivity contribution in [3.05, 3.63) is 60.2 Å². The van der Waals surface area contributed by atoms with Crippen LogP contribution in [0.5, 0.6) is 0 Å². The summed E-state index contributed by atoms with van der Waals surface area (Å²) in [4.78, 5) is 53.8. The van der Waals surface area contributed by atoms with Crippen LogP contribution in [0.1, 0.15) is 23.5 Å². The van der Waals surface area contributed by atoms with Gasteiger partial charge < -0.3 is 14.4 Å². The molecule has 4 heterocycles. The summed E-state index contributed by atoms with van der Waals surface area (Å²) in [5.74, 6) is -1.93. The molecule has 2 aromatic heterocycles. The molecule has 0 aromatic carbocycles. The number of nitrogens with zero attached hydrogens (tertiary/aromatic N) is 4. The Hall–Kier alpha value is -3.17. The minimum Gasteiger partial charge on any atom is -0.468 e.